The molecule has 0 saturated heterocycles. The lowest BCUT2D eigenvalue weighted by molar-refractivity contribution is -0.119. The molecule has 1 N–H and O–H groups in total. The summed E-state index contributed by atoms with van der Waals surface area (Å²) in [6, 6.07) is 7.31. The smallest absolute Gasteiger partial charge is 0.217 e. The van der Waals surface area contributed by atoms with E-state index >= 15 is 0 Å². The van der Waals surface area contributed by atoms with Crippen LogP contribution in [0.3, 0.4) is 0 Å². The van der Waals surface area contributed by atoms with E-state index in [0.29, 0.717) is 35.8 Å². The maximum atomic E-state index is 13.7. The van der Waals surface area contributed by atoms with Crippen LogP contribution >= 0.6 is 0 Å². The standard InChI is InChI=1S/C29H40N2O5/c1-7-9-15-31(16-10-8-2)24-14-12-21-22(18-25(24)33)23(30-19(3)32)13-11-20-17-26(34-4)28(35-5)29(36-6)27(20)21/h12,14,17-18,23H,7-11,13,15-16H2,1-6H3,(H,30,32)/t23-/m0/s1. The summed E-state index contributed by atoms with van der Waals surface area (Å²) in [6.07, 6.45) is 5.47. The summed E-state index contributed by atoms with van der Waals surface area (Å²) >= 11 is 0. The summed E-state index contributed by atoms with van der Waals surface area (Å²) in [5, 5.41) is 3.07. The molecule has 7 heteroatoms. The highest BCUT2D eigenvalue weighted by Gasteiger charge is 2.29. The van der Waals surface area contributed by atoms with Gasteiger partial charge in [0.2, 0.25) is 17.1 Å². The van der Waals surface area contributed by atoms with Gasteiger partial charge in [-0.3, -0.25) is 9.59 Å². The fraction of sp³-hybridized carbons (Fsp3) is 0.517. The highest BCUT2D eigenvalue weighted by molar-refractivity contribution is 5.83. The van der Waals surface area contributed by atoms with Gasteiger partial charge >= 0.3 is 0 Å². The van der Waals surface area contributed by atoms with Gasteiger partial charge in [0, 0.05) is 25.6 Å². The van der Waals surface area contributed by atoms with Gasteiger partial charge < -0.3 is 24.4 Å². The number of hydrogen-bond acceptors (Lipinski definition) is 6. The van der Waals surface area contributed by atoms with Gasteiger partial charge in [0.05, 0.1) is 33.1 Å². The largest absolute Gasteiger partial charge is 0.493 e. The second-order valence-electron chi connectivity index (χ2n) is 9.26. The third-order valence-corrected chi connectivity index (χ3v) is 6.80. The summed E-state index contributed by atoms with van der Waals surface area (Å²) in [5.41, 5.74) is 4.18. The van der Waals surface area contributed by atoms with Crippen LogP contribution in [-0.4, -0.2) is 40.3 Å². The Morgan fingerprint density at radius 1 is 1.00 bits per heavy atom. The molecule has 0 unspecified atom stereocenters. The van der Waals surface area contributed by atoms with Crippen LogP contribution in [0.25, 0.3) is 11.1 Å². The van der Waals surface area contributed by atoms with Gasteiger partial charge in [-0.05, 0) is 60.6 Å². The molecule has 0 radical (unpaired) electrons. The zero-order valence-corrected chi connectivity index (χ0v) is 22.5. The number of nitrogens with zero attached hydrogens (tertiary/aromatic N) is 1. The summed E-state index contributed by atoms with van der Waals surface area (Å²) < 4.78 is 17.1. The van der Waals surface area contributed by atoms with Crippen LogP contribution in [0, 0.1) is 0 Å². The van der Waals surface area contributed by atoms with Crippen molar-refractivity contribution in [2.75, 3.05) is 39.3 Å². The molecule has 2 aromatic carbocycles. The molecule has 7 nitrogen and oxygen atoms in total. The van der Waals surface area contributed by atoms with Crippen molar-refractivity contribution in [2.45, 2.75) is 65.3 Å². The zero-order valence-electron chi connectivity index (χ0n) is 22.5. The van der Waals surface area contributed by atoms with Crippen molar-refractivity contribution in [3.63, 3.8) is 0 Å². The topological polar surface area (TPSA) is 77.1 Å². The maximum absolute atomic E-state index is 13.7. The number of hydrogen-bond donors (Lipinski definition) is 1. The molecule has 36 heavy (non-hydrogen) atoms. The second-order valence-corrected chi connectivity index (χ2v) is 9.26. The van der Waals surface area contributed by atoms with E-state index in [2.05, 4.69) is 24.1 Å². The number of fused-ring (bicyclic) bond motifs is 3. The van der Waals surface area contributed by atoms with E-state index in [4.69, 9.17) is 14.2 Å². The molecule has 0 aromatic heterocycles. The molecule has 0 heterocycles. The van der Waals surface area contributed by atoms with E-state index in [-0.39, 0.29) is 17.4 Å². The first-order valence-corrected chi connectivity index (χ1v) is 12.9. The van der Waals surface area contributed by atoms with Crippen LogP contribution in [0.1, 0.15) is 70.0 Å². The third-order valence-electron chi connectivity index (χ3n) is 6.80. The lowest BCUT2D eigenvalue weighted by Gasteiger charge is -2.23. The first-order valence-electron chi connectivity index (χ1n) is 12.9. The Morgan fingerprint density at radius 3 is 2.22 bits per heavy atom. The molecular formula is C29H40N2O5. The summed E-state index contributed by atoms with van der Waals surface area (Å²) in [7, 11) is 4.80. The number of nitrogens with one attached hydrogen (secondary N) is 1. The number of rotatable bonds is 11. The van der Waals surface area contributed by atoms with Crippen molar-refractivity contribution in [3.05, 3.63) is 45.6 Å². The predicted molar refractivity (Wildman–Crippen MR) is 145 cm³/mol. The van der Waals surface area contributed by atoms with Gasteiger partial charge in [0.1, 0.15) is 0 Å². The van der Waals surface area contributed by atoms with Crippen LogP contribution in [0.15, 0.2) is 29.1 Å². The van der Waals surface area contributed by atoms with Crippen molar-refractivity contribution < 1.29 is 19.0 Å². The molecule has 1 aliphatic carbocycles. The van der Waals surface area contributed by atoms with E-state index in [0.717, 1.165) is 61.0 Å². The van der Waals surface area contributed by atoms with Crippen molar-refractivity contribution >= 4 is 11.6 Å². The minimum Gasteiger partial charge on any atom is -0.493 e. The van der Waals surface area contributed by atoms with Crippen molar-refractivity contribution in [1.29, 1.82) is 0 Å². The summed E-state index contributed by atoms with van der Waals surface area (Å²) in [4.78, 5) is 28.0. The number of unbranched alkanes of at least 4 members (excludes halogenated alkanes) is 2. The Hall–Kier alpha value is -3.22. The molecule has 0 bridgehead atoms. The van der Waals surface area contributed by atoms with Crippen molar-refractivity contribution in [2.24, 2.45) is 0 Å². The zero-order chi connectivity index (χ0) is 26.2. The van der Waals surface area contributed by atoms with Gasteiger partial charge in [-0.1, -0.05) is 32.8 Å². The van der Waals surface area contributed by atoms with Gasteiger partial charge in [-0.2, -0.15) is 0 Å². The summed E-state index contributed by atoms with van der Waals surface area (Å²) in [5.74, 6) is 1.52. The Bertz CT molecular complexity index is 1120. The molecule has 1 atom stereocenters. The molecule has 0 fully saturated rings. The quantitative estimate of drug-likeness (QED) is 0.457. The van der Waals surface area contributed by atoms with E-state index in [1.807, 2.05) is 18.2 Å². The van der Waals surface area contributed by atoms with Gasteiger partial charge in [0.15, 0.2) is 11.5 Å². The molecule has 0 spiro atoms. The van der Waals surface area contributed by atoms with Crippen LogP contribution in [0.2, 0.25) is 0 Å². The number of ether oxygens (including phenoxy) is 3. The number of benzene rings is 1. The van der Waals surface area contributed by atoms with Gasteiger partial charge in [-0.25, -0.2) is 0 Å². The summed E-state index contributed by atoms with van der Waals surface area (Å²) in [6.45, 7) is 7.49. The second kappa shape index (κ2) is 12.7. The monoisotopic (exact) mass is 496 g/mol. The fourth-order valence-corrected chi connectivity index (χ4v) is 5.01. The molecule has 2 aromatic rings. The van der Waals surface area contributed by atoms with Crippen LogP contribution in [0.5, 0.6) is 17.2 Å². The number of anilines is 1. The normalized spacial score (nSPS) is 14.2. The van der Waals surface area contributed by atoms with E-state index in [9.17, 15) is 9.59 Å². The Balaban J connectivity index is 2.32. The highest BCUT2D eigenvalue weighted by Crippen LogP contribution is 2.50. The van der Waals surface area contributed by atoms with Gasteiger partial charge in [-0.15, -0.1) is 0 Å². The minimum atomic E-state index is -0.306. The molecular weight excluding hydrogens is 456 g/mol. The third kappa shape index (κ3) is 5.77. The maximum Gasteiger partial charge on any atom is 0.217 e. The number of carbonyl (C=O) groups is 1. The van der Waals surface area contributed by atoms with E-state index in [1.165, 1.54) is 6.92 Å². The number of amides is 1. The Labute approximate surface area is 214 Å². The number of carbonyl (C=O) groups excluding carboxylic acids is 1. The average molecular weight is 497 g/mol. The highest BCUT2D eigenvalue weighted by atomic mass is 16.5. The molecule has 0 saturated carbocycles. The molecule has 0 aliphatic heterocycles. The van der Waals surface area contributed by atoms with Crippen molar-refractivity contribution in [1.82, 2.24) is 5.32 Å². The fourth-order valence-electron chi connectivity index (χ4n) is 5.01. The average Bonchev–Trinajstić information content (AvgIpc) is 3.11. The molecule has 1 amide bonds. The lowest BCUT2D eigenvalue weighted by atomic mass is 9.95. The van der Waals surface area contributed by atoms with Crippen molar-refractivity contribution in [3.8, 4) is 28.4 Å². The van der Waals surface area contributed by atoms with Crippen LogP contribution < -0.4 is 29.9 Å². The minimum absolute atomic E-state index is 0.0401. The SMILES string of the molecule is CCCCN(CCCC)c1ccc2c(cc1=O)[C@@H](NC(C)=O)CCc1cc(OC)c(OC)c(OC)c1-2. The van der Waals surface area contributed by atoms with Gasteiger partial charge in [0.25, 0.3) is 0 Å². The predicted octanol–water partition coefficient (Wildman–Crippen LogP) is 5.27. The lowest BCUT2D eigenvalue weighted by Crippen LogP contribution is -2.30. The number of methoxy groups -OCH3 is 3. The van der Waals surface area contributed by atoms with Crippen LogP contribution in [0.4, 0.5) is 5.69 Å². The van der Waals surface area contributed by atoms with Crippen LogP contribution in [-0.2, 0) is 11.2 Å². The Morgan fingerprint density at radius 2 is 1.67 bits per heavy atom. The molecule has 1 aliphatic rings. The van der Waals surface area contributed by atoms with E-state index < -0.39 is 0 Å². The Kier molecular flexibility index (Phi) is 9.62. The van der Waals surface area contributed by atoms with E-state index in [1.54, 1.807) is 27.4 Å². The molecule has 196 valence electrons. The molecule has 3 rings (SSSR count). The number of aryl methyl sites for hydroxylation is 1. The first kappa shape index (κ1) is 27.4. The first-order chi connectivity index (χ1) is 17.4.